The van der Waals surface area contributed by atoms with Gasteiger partial charge in [-0.05, 0) is 24.3 Å². The average molecular weight is 299 g/mol. The van der Waals surface area contributed by atoms with Crippen molar-refractivity contribution in [3.63, 3.8) is 0 Å². The van der Waals surface area contributed by atoms with Crippen molar-refractivity contribution in [2.45, 2.75) is 6.04 Å². The van der Waals surface area contributed by atoms with E-state index in [1.165, 1.54) is 12.3 Å². The fourth-order valence-electron chi connectivity index (χ4n) is 1.96. The molecule has 3 rings (SSSR count). The molecule has 22 heavy (non-hydrogen) atoms. The van der Waals surface area contributed by atoms with Gasteiger partial charge in [0.1, 0.15) is 11.8 Å². The van der Waals surface area contributed by atoms with Crippen LogP contribution in [0.3, 0.4) is 0 Å². The van der Waals surface area contributed by atoms with Gasteiger partial charge >= 0.3 is 0 Å². The molecule has 3 aromatic rings. The summed E-state index contributed by atoms with van der Waals surface area (Å²) in [6.07, 6.45) is 4.73. The minimum atomic E-state index is -0.638. The van der Waals surface area contributed by atoms with E-state index >= 15 is 0 Å². The minimum Gasteiger partial charge on any atom is -0.467 e. The van der Waals surface area contributed by atoms with Crippen LogP contribution in [0.1, 0.15) is 22.3 Å². The molecule has 0 radical (unpaired) electrons. The number of hydrogen-bond acceptors (Lipinski definition) is 6. The normalized spacial score (nSPS) is 12.0. The molecule has 0 saturated heterocycles. The number of aromatic nitrogens is 2. The van der Waals surface area contributed by atoms with E-state index in [1.807, 2.05) is 0 Å². The lowest BCUT2D eigenvalue weighted by Gasteiger charge is -2.12. The first kappa shape index (κ1) is 14.0. The zero-order valence-corrected chi connectivity index (χ0v) is 11.5. The summed E-state index contributed by atoms with van der Waals surface area (Å²) in [6, 6.07) is 7.79. The summed E-state index contributed by atoms with van der Waals surface area (Å²) >= 11 is 0. The highest BCUT2D eigenvalue weighted by Crippen LogP contribution is 2.19. The molecular weight excluding hydrogens is 286 g/mol. The fraction of sp³-hybridized carbons (Fsp3) is 0.133. The van der Waals surface area contributed by atoms with Crippen LogP contribution in [0, 0.1) is 0 Å². The minimum absolute atomic E-state index is 0.115. The summed E-state index contributed by atoms with van der Waals surface area (Å²) in [5.41, 5.74) is 0.836. The number of carbonyl (C=O) groups excluding carboxylic acids is 1. The van der Waals surface area contributed by atoms with E-state index < -0.39 is 11.9 Å². The molecule has 0 aliphatic carbocycles. The Morgan fingerprint density at radius 3 is 2.95 bits per heavy atom. The highest BCUT2D eigenvalue weighted by molar-refractivity contribution is 5.93. The number of nitrogens with one attached hydrogen (secondary N) is 1. The lowest BCUT2D eigenvalue weighted by atomic mass is 10.2. The van der Waals surface area contributed by atoms with Gasteiger partial charge in [-0.2, -0.15) is 0 Å². The van der Waals surface area contributed by atoms with Crippen LogP contribution in [0.4, 0.5) is 0 Å². The Bertz CT molecular complexity index is 737. The smallest absolute Gasteiger partial charge is 0.274 e. The highest BCUT2D eigenvalue weighted by Gasteiger charge is 2.20. The quantitative estimate of drug-likeness (QED) is 0.745. The third-order valence-corrected chi connectivity index (χ3v) is 3.06. The first-order valence-corrected chi connectivity index (χ1v) is 6.60. The Hall–Kier alpha value is -2.93. The molecule has 0 aromatic carbocycles. The zero-order valence-electron chi connectivity index (χ0n) is 11.5. The standard InChI is InChI=1S/C15H13N3O4/c19-9-12(13-4-2-6-21-13)17-15(20)11-7-14(22-18-11)10-3-1-5-16-8-10/h1-8,12,19H,9H2,(H,17,20). The zero-order chi connectivity index (χ0) is 15.4. The van der Waals surface area contributed by atoms with Gasteiger partial charge in [-0.25, -0.2) is 0 Å². The second-order valence-electron chi connectivity index (χ2n) is 4.54. The van der Waals surface area contributed by atoms with Crippen LogP contribution in [0.5, 0.6) is 0 Å². The van der Waals surface area contributed by atoms with Crippen molar-refractivity contribution >= 4 is 5.91 Å². The van der Waals surface area contributed by atoms with Crippen LogP contribution < -0.4 is 5.32 Å². The van der Waals surface area contributed by atoms with Crippen LogP contribution in [0.2, 0.25) is 0 Å². The molecule has 1 unspecified atom stereocenters. The number of amides is 1. The van der Waals surface area contributed by atoms with E-state index in [1.54, 1.807) is 36.7 Å². The first-order valence-electron chi connectivity index (χ1n) is 6.60. The molecule has 1 atom stereocenters. The van der Waals surface area contributed by atoms with Crippen LogP contribution in [-0.2, 0) is 0 Å². The van der Waals surface area contributed by atoms with Gasteiger partial charge in [0, 0.05) is 24.0 Å². The first-order chi connectivity index (χ1) is 10.8. The Labute approximate surface area is 125 Å². The van der Waals surface area contributed by atoms with Crippen molar-refractivity contribution in [2.24, 2.45) is 0 Å². The number of hydrogen-bond donors (Lipinski definition) is 2. The van der Waals surface area contributed by atoms with Crippen molar-refractivity contribution in [1.82, 2.24) is 15.5 Å². The molecule has 0 bridgehead atoms. The third kappa shape index (κ3) is 2.89. The highest BCUT2D eigenvalue weighted by atomic mass is 16.5. The molecular formula is C15H13N3O4. The van der Waals surface area contributed by atoms with E-state index in [0.29, 0.717) is 11.5 Å². The number of furan rings is 1. The Morgan fingerprint density at radius 1 is 1.36 bits per heavy atom. The summed E-state index contributed by atoms with van der Waals surface area (Å²) in [4.78, 5) is 16.1. The van der Waals surface area contributed by atoms with Crippen LogP contribution >= 0.6 is 0 Å². The van der Waals surface area contributed by atoms with Crippen LogP contribution in [0.15, 0.2) is 57.9 Å². The second-order valence-corrected chi connectivity index (χ2v) is 4.54. The Balaban J connectivity index is 1.74. The summed E-state index contributed by atoms with van der Waals surface area (Å²) in [7, 11) is 0. The van der Waals surface area contributed by atoms with Gasteiger partial charge in [0.05, 0.1) is 12.9 Å². The van der Waals surface area contributed by atoms with Gasteiger partial charge in [0.15, 0.2) is 11.5 Å². The maximum atomic E-state index is 12.2. The molecule has 0 aliphatic heterocycles. The van der Waals surface area contributed by atoms with Crippen molar-refractivity contribution in [3.05, 3.63) is 60.4 Å². The van der Waals surface area contributed by atoms with E-state index in [4.69, 9.17) is 8.94 Å². The predicted molar refractivity (Wildman–Crippen MR) is 75.7 cm³/mol. The molecule has 7 heteroatoms. The topological polar surface area (TPSA) is 101 Å². The largest absolute Gasteiger partial charge is 0.467 e. The lowest BCUT2D eigenvalue weighted by molar-refractivity contribution is 0.0898. The second kappa shape index (κ2) is 6.23. The molecule has 3 aromatic heterocycles. The fourth-order valence-corrected chi connectivity index (χ4v) is 1.96. The van der Waals surface area contributed by atoms with E-state index in [2.05, 4.69) is 15.5 Å². The van der Waals surface area contributed by atoms with E-state index in [9.17, 15) is 9.90 Å². The lowest BCUT2D eigenvalue weighted by Crippen LogP contribution is -2.30. The van der Waals surface area contributed by atoms with Crippen molar-refractivity contribution in [3.8, 4) is 11.3 Å². The molecule has 3 heterocycles. The predicted octanol–water partition coefficient (Wildman–Crippen LogP) is 1.79. The number of rotatable bonds is 5. The molecule has 112 valence electrons. The number of aliphatic hydroxyl groups excluding tert-OH is 1. The summed E-state index contributed by atoms with van der Waals surface area (Å²) in [5, 5.41) is 15.7. The molecule has 0 saturated carbocycles. The molecule has 0 aliphatic rings. The monoisotopic (exact) mass is 299 g/mol. The Kier molecular flexibility index (Phi) is 3.97. The maximum absolute atomic E-state index is 12.2. The van der Waals surface area contributed by atoms with Crippen molar-refractivity contribution in [1.29, 1.82) is 0 Å². The third-order valence-electron chi connectivity index (χ3n) is 3.06. The number of pyridine rings is 1. The van der Waals surface area contributed by atoms with Gasteiger partial charge < -0.3 is 19.4 Å². The maximum Gasteiger partial charge on any atom is 0.274 e. The van der Waals surface area contributed by atoms with Gasteiger partial charge in [-0.15, -0.1) is 0 Å². The van der Waals surface area contributed by atoms with Gasteiger partial charge in [0.25, 0.3) is 5.91 Å². The molecule has 2 N–H and O–H groups in total. The number of carbonyl (C=O) groups is 1. The summed E-state index contributed by atoms with van der Waals surface area (Å²) in [5.74, 6) is 0.443. The molecule has 0 spiro atoms. The van der Waals surface area contributed by atoms with Gasteiger partial charge in [-0.1, -0.05) is 5.16 Å². The average Bonchev–Trinajstić information content (AvgIpc) is 3.24. The Morgan fingerprint density at radius 2 is 2.27 bits per heavy atom. The van der Waals surface area contributed by atoms with Crippen molar-refractivity contribution < 1.29 is 18.8 Å². The number of aliphatic hydroxyl groups is 1. The van der Waals surface area contributed by atoms with Gasteiger partial charge in [-0.3, -0.25) is 9.78 Å². The molecule has 1 amide bonds. The summed E-state index contributed by atoms with van der Waals surface area (Å²) in [6.45, 7) is -0.285. The molecule has 7 nitrogen and oxygen atoms in total. The molecule has 0 fully saturated rings. The van der Waals surface area contributed by atoms with E-state index in [-0.39, 0.29) is 12.3 Å². The van der Waals surface area contributed by atoms with E-state index in [0.717, 1.165) is 5.56 Å². The van der Waals surface area contributed by atoms with Crippen LogP contribution in [0.25, 0.3) is 11.3 Å². The summed E-state index contributed by atoms with van der Waals surface area (Å²) < 4.78 is 10.3. The number of nitrogens with zero attached hydrogens (tertiary/aromatic N) is 2. The van der Waals surface area contributed by atoms with Gasteiger partial charge in [0.2, 0.25) is 0 Å². The van der Waals surface area contributed by atoms with Crippen LogP contribution in [-0.4, -0.2) is 27.8 Å². The SMILES string of the molecule is O=C(NC(CO)c1ccco1)c1cc(-c2cccnc2)on1. The van der Waals surface area contributed by atoms with Crippen molar-refractivity contribution in [2.75, 3.05) is 6.61 Å².